The topological polar surface area (TPSA) is 92.1 Å². The van der Waals surface area contributed by atoms with Gasteiger partial charge < -0.3 is 15.7 Å². The van der Waals surface area contributed by atoms with E-state index in [4.69, 9.17) is 0 Å². The molecule has 0 aromatic carbocycles. The molecule has 2 unspecified atom stereocenters. The number of carbonyl (C=O) groups is 1. The zero-order valence-corrected chi connectivity index (χ0v) is 14.9. The van der Waals surface area contributed by atoms with Crippen LogP contribution in [0.5, 0.6) is 0 Å². The number of hydrogen-bond acceptors (Lipinski definition) is 5. The number of hydrogen-bond donors (Lipinski definition) is 3. The van der Waals surface area contributed by atoms with Gasteiger partial charge in [0.05, 0.1) is 29.5 Å². The molecule has 2 amide bonds. The van der Waals surface area contributed by atoms with Crippen LogP contribution >= 0.6 is 11.3 Å². The molecule has 8 heteroatoms. The van der Waals surface area contributed by atoms with Crippen molar-refractivity contribution in [2.24, 2.45) is 7.05 Å². The quantitative estimate of drug-likeness (QED) is 0.744. The number of nitrogens with one attached hydrogen (secondary N) is 2. The van der Waals surface area contributed by atoms with E-state index < -0.39 is 5.60 Å². The summed E-state index contributed by atoms with van der Waals surface area (Å²) < 4.78 is 1.62. The minimum absolute atomic E-state index is 0.0988. The number of thiazole rings is 1. The number of aliphatic hydroxyl groups is 1. The second kappa shape index (κ2) is 6.52. The zero-order chi connectivity index (χ0) is 17.3. The Balaban J connectivity index is 1.51. The monoisotopic (exact) mass is 349 g/mol. The lowest BCUT2D eigenvalue weighted by Crippen LogP contribution is -2.44. The van der Waals surface area contributed by atoms with Crippen LogP contribution in [0.3, 0.4) is 0 Å². The molecule has 2 heterocycles. The number of rotatable bonds is 6. The normalized spacial score (nSPS) is 18.0. The summed E-state index contributed by atoms with van der Waals surface area (Å²) >= 11 is 1.66. The maximum Gasteiger partial charge on any atom is 0.315 e. The van der Waals surface area contributed by atoms with Crippen LogP contribution in [-0.2, 0) is 12.6 Å². The molecule has 130 valence electrons. The van der Waals surface area contributed by atoms with Gasteiger partial charge in [0, 0.05) is 30.1 Å². The van der Waals surface area contributed by atoms with E-state index in [9.17, 15) is 9.90 Å². The smallest absolute Gasteiger partial charge is 0.315 e. The number of urea groups is 1. The maximum absolute atomic E-state index is 12.1. The third-order valence-corrected chi connectivity index (χ3v) is 5.20. The van der Waals surface area contributed by atoms with Crippen molar-refractivity contribution in [1.82, 2.24) is 25.4 Å². The van der Waals surface area contributed by atoms with E-state index in [2.05, 4.69) is 20.7 Å². The van der Waals surface area contributed by atoms with Crippen LogP contribution in [0.4, 0.5) is 4.79 Å². The molecule has 0 radical (unpaired) electrons. The van der Waals surface area contributed by atoms with E-state index in [-0.39, 0.29) is 18.6 Å². The number of nitrogens with zero attached hydrogens (tertiary/aromatic N) is 3. The SMILES string of the molecule is CC(NC(=O)NCC(C)(O)c1cnn(C)c1)c1csc(C2CC2)n1. The molecule has 24 heavy (non-hydrogen) atoms. The Morgan fingerprint density at radius 1 is 1.58 bits per heavy atom. The highest BCUT2D eigenvalue weighted by molar-refractivity contribution is 7.09. The average molecular weight is 349 g/mol. The van der Waals surface area contributed by atoms with Crippen molar-refractivity contribution in [2.75, 3.05) is 6.54 Å². The molecule has 3 N–H and O–H groups in total. The van der Waals surface area contributed by atoms with Gasteiger partial charge in [0.1, 0.15) is 5.60 Å². The van der Waals surface area contributed by atoms with Gasteiger partial charge in [-0.2, -0.15) is 5.10 Å². The Morgan fingerprint density at radius 2 is 2.33 bits per heavy atom. The van der Waals surface area contributed by atoms with E-state index in [1.54, 1.807) is 42.4 Å². The largest absolute Gasteiger partial charge is 0.383 e. The Kier molecular flexibility index (Phi) is 4.60. The highest BCUT2D eigenvalue weighted by Gasteiger charge is 2.28. The zero-order valence-electron chi connectivity index (χ0n) is 14.1. The molecule has 0 saturated heterocycles. The van der Waals surface area contributed by atoms with Crippen molar-refractivity contribution in [3.63, 3.8) is 0 Å². The summed E-state index contributed by atoms with van der Waals surface area (Å²) in [4.78, 5) is 16.7. The van der Waals surface area contributed by atoms with Crippen molar-refractivity contribution < 1.29 is 9.90 Å². The van der Waals surface area contributed by atoms with Gasteiger partial charge in [0.15, 0.2) is 0 Å². The Hall–Kier alpha value is -1.93. The predicted molar refractivity (Wildman–Crippen MR) is 91.8 cm³/mol. The summed E-state index contributed by atoms with van der Waals surface area (Å²) in [5, 5.41) is 23.2. The third kappa shape index (κ3) is 3.93. The van der Waals surface area contributed by atoms with Crippen LogP contribution < -0.4 is 10.6 Å². The first kappa shape index (κ1) is 16.9. The fraction of sp³-hybridized carbons (Fsp3) is 0.562. The lowest BCUT2D eigenvalue weighted by atomic mass is 10.00. The van der Waals surface area contributed by atoms with E-state index in [1.165, 1.54) is 17.8 Å². The van der Waals surface area contributed by atoms with Crippen molar-refractivity contribution in [3.05, 3.63) is 34.0 Å². The number of amides is 2. The Bertz CT molecular complexity index is 720. The molecule has 1 aliphatic carbocycles. The lowest BCUT2D eigenvalue weighted by Gasteiger charge is -2.23. The first-order chi connectivity index (χ1) is 11.3. The molecule has 2 atom stereocenters. The first-order valence-corrected chi connectivity index (χ1v) is 8.94. The molecule has 1 fully saturated rings. The molecule has 1 saturated carbocycles. The van der Waals surface area contributed by atoms with Gasteiger partial charge in [-0.25, -0.2) is 9.78 Å². The third-order valence-electron chi connectivity index (χ3n) is 4.18. The van der Waals surface area contributed by atoms with Gasteiger partial charge >= 0.3 is 6.03 Å². The minimum atomic E-state index is -1.17. The van der Waals surface area contributed by atoms with E-state index in [0.717, 1.165) is 5.69 Å². The van der Waals surface area contributed by atoms with Gasteiger partial charge in [-0.05, 0) is 26.7 Å². The van der Waals surface area contributed by atoms with Crippen LogP contribution in [0.1, 0.15) is 54.9 Å². The summed E-state index contributed by atoms with van der Waals surface area (Å²) in [7, 11) is 1.78. The van der Waals surface area contributed by atoms with E-state index >= 15 is 0 Å². The van der Waals surface area contributed by atoms with Gasteiger partial charge in [-0.1, -0.05) is 0 Å². The fourth-order valence-electron chi connectivity index (χ4n) is 2.39. The molecular weight excluding hydrogens is 326 g/mol. The number of aryl methyl sites for hydroxylation is 1. The molecule has 3 rings (SSSR count). The number of carbonyl (C=O) groups excluding carboxylic acids is 1. The fourth-order valence-corrected chi connectivity index (χ4v) is 3.48. The summed E-state index contributed by atoms with van der Waals surface area (Å²) in [6.45, 7) is 3.66. The van der Waals surface area contributed by atoms with Crippen LogP contribution in [0.15, 0.2) is 17.8 Å². The summed E-state index contributed by atoms with van der Waals surface area (Å²) in [6, 6.07) is -0.496. The standard InChI is InChI=1S/C16H23N5O2S/c1-10(13-8-24-14(20-13)11-4-5-11)19-15(22)17-9-16(2,23)12-6-18-21(3)7-12/h6-8,10-11,23H,4-5,9H2,1-3H3,(H2,17,19,22). The molecular formula is C16H23N5O2S. The first-order valence-electron chi connectivity index (χ1n) is 8.06. The van der Waals surface area contributed by atoms with Gasteiger partial charge in [0.25, 0.3) is 0 Å². The highest BCUT2D eigenvalue weighted by Crippen LogP contribution is 2.41. The Labute approximate surface area is 145 Å². The van der Waals surface area contributed by atoms with Crippen LogP contribution in [0.25, 0.3) is 0 Å². The maximum atomic E-state index is 12.1. The van der Waals surface area contributed by atoms with Crippen molar-refractivity contribution >= 4 is 17.4 Å². The molecule has 1 aliphatic rings. The van der Waals surface area contributed by atoms with Gasteiger partial charge in [0.2, 0.25) is 0 Å². The Morgan fingerprint density at radius 3 is 2.96 bits per heavy atom. The minimum Gasteiger partial charge on any atom is -0.383 e. The summed E-state index contributed by atoms with van der Waals surface area (Å²) in [6.07, 6.45) is 5.77. The van der Waals surface area contributed by atoms with Crippen molar-refractivity contribution in [1.29, 1.82) is 0 Å². The predicted octanol–water partition coefficient (Wildman–Crippen LogP) is 2.02. The van der Waals surface area contributed by atoms with Gasteiger partial charge in [-0.3, -0.25) is 4.68 Å². The van der Waals surface area contributed by atoms with E-state index in [0.29, 0.717) is 11.5 Å². The van der Waals surface area contributed by atoms with Crippen LogP contribution in [0, 0.1) is 0 Å². The highest BCUT2D eigenvalue weighted by atomic mass is 32.1. The molecule has 2 aromatic heterocycles. The molecule has 2 aromatic rings. The number of aromatic nitrogens is 3. The van der Waals surface area contributed by atoms with Crippen LogP contribution in [-0.4, -0.2) is 32.4 Å². The van der Waals surface area contributed by atoms with Crippen molar-refractivity contribution in [3.8, 4) is 0 Å². The lowest BCUT2D eigenvalue weighted by molar-refractivity contribution is 0.0592. The van der Waals surface area contributed by atoms with Crippen molar-refractivity contribution in [2.45, 2.75) is 44.2 Å². The average Bonchev–Trinajstić information content (AvgIpc) is 3.08. The van der Waals surface area contributed by atoms with E-state index in [1.807, 2.05) is 12.3 Å². The van der Waals surface area contributed by atoms with Crippen LogP contribution in [0.2, 0.25) is 0 Å². The molecule has 0 aliphatic heterocycles. The summed E-state index contributed by atoms with van der Waals surface area (Å²) in [5.41, 5.74) is 0.372. The molecule has 0 spiro atoms. The molecule has 0 bridgehead atoms. The second-order valence-electron chi connectivity index (χ2n) is 6.61. The van der Waals surface area contributed by atoms with Gasteiger partial charge in [-0.15, -0.1) is 11.3 Å². The molecule has 7 nitrogen and oxygen atoms in total. The second-order valence-corrected chi connectivity index (χ2v) is 7.50. The summed E-state index contributed by atoms with van der Waals surface area (Å²) in [5.74, 6) is 0.624.